The smallest absolute Gasteiger partial charge is 0.0479 e. The molecule has 0 bridgehead atoms. The molecule has 18 heavy (non-hydrogen) atoms. The second-order valence-corrected chi connectivity index (χ2v) is 4.93. The molecule has 3 heteroatoms. The molecule has 0 fully saturated rings. The molecule has 0 unspecified atom stereocenters. The van der Waals surface area contributed by atoms with Crippen LogP contribution in [0.1, 0.15) is 25.8 Å². The molecule has 1 N–H and O–H groups in total. The number of para-hydroxylation sites is 1. The maximum atomic E-state index is 5.10. The first kappa shape index (κ1) is 15.0. The Labute approximate surface area is 111 Å². The van der Waals surface area contributed by atoms with E-state index in [1.54, 1.807) is 7.11 Å². The van der Waals surface area contributed by atoms with Gasteiger partial charge in [0.1, 0.15) is 0 Å². The van der Waals surface area contributed by atoms with Crippen molar-refractivity contribution in [3.8, 4) is 0 Å². The Morgan fingerprint density at radius 3 is 2.67 bits per heavy atom. The molecule has 3 nitrogen and oxygen atoms in total. The number of anilines is 1. The van der Waals surface area contributed by atoms with Crippen LogP contribution in [-0.2, 0) is 11.3 Å². The van der Waals surface area contributed by atoms with Gasteiger partial charge in [-0.05, 0) is 18.1 Å². The summed E-state index contributed by atoms with van der Waals surface area (Å²) in [6, 6.07) is 9.09. The monoisotopic (exact) mass is 250 g/mol. The predicted octanol–water partition coefficient (Wildman–Crippen LogP) is 2.66. The highest BCUT2D eigenvalue weighted by atomic mass is 16.5. The van der Waals surface area contributed by atoms with Crippen LogP contribution in [0.3, 0.4) is 0 Å². The van der Waals surface area contributed by atoms with Crippen molar-refractivity contribution in [1.82, 2.24) is 5.32 Å². The van der Waals surface area contributed by atoms with Gasteiger partial charge in [-0.3, -0.25) is 0 Å². The molecule has 0 aromatic heterocycles. The molecule has 0 aliphatic carbocycles. The standard InChI is InChI=1S/C15H26N2O/c1-13(2)16-12-14-8-5-6-9-15(14)17(3)10-7-11-18-4/h5-6,8-9,13,16H,7,10-12H2,1-4H3. The first-order chi connectivity index (χ1) is 8.65. The van der Waals surface area contributed by atoms with Crippen molar-refractivity contribution < 1.29 is 4.74 Å². The molecule has 0 amide bonds. The average Bonchev–Trinajstić information content (AvgIpc) is 2.37. The summed E-state index contributed by atoms with van der Waals surface area (Å²) in [7, 11) is 3.89. The van der Waals surface area contributed by atoms with Crippen molar-refractivity contribution in [3.05, 3.63) is 29.8 Å². The zero-order chi connectivity index (χ0) is 13.4. The molecule has 1 aromatic carbocycles. The summed E-state index contributed by atoms with van der Waals surface area (Å²) in [5.41, 5.74) is 2.66. The second kappa shape index (κ2) is 8.11. The fourth-order valence-corrected chi connectivity index (χ4v) is 1.91. The summed E-state index contributed by atoms with van der Waals surface area (Å²) in [4.78, 5) is 2.30. The van der Waals surface area contributed by atoms with Crippen molar-refractivity contribution in [1.29, 1.82) is 0 Å². The van der Waals surface area contributed by atoms with Crippen LogP contribution in [0.4, 0.5) is 5.69 Å². The van der Waals surface area contributed by atoms with Crippen molar-refractivity contribution in [2.75, 3.05) is 32.2 Å². The molecule has 0 aliphatic heterocycles. The highest BCUT2D eigenvalue weighted by Gasteiger charge is 2.06. The van der Waals surface area contributed by atoms with Crippen LogP contribution in [0.15, 0.2) is 24.3 Å². The maximum Gasteiger partial charge on any atom is 0.0479 e. The molecule has 1 rings (SSSR count). The average molecular weight is 250 g/mol. The van der Waals surface area contributed by atoms with Gasteiger partial charge in [0, 0.05) is 45.6 Å². The summed E-state index contributed by atoms with van der Waals surface area (Å²) in [5.74, 6) is 0. The molecule has 0 atom stereocenters. The minimum Gasteiger partial charge on any atom is -0.385 e. The maximum absolute atomic E-state index is 5.10. The Hall–Kier alpha value is -1.06. The van der Waals surface area contributed by atoms with E-state index in [0.29, 0.717) is 6.04 Å². The quantitative estimate of drug-likeness (QED) is 0.718. The highest BCUT2D eigenvalue weighted by Crippen LogP contribution is 2.19. The third kappa shape index (κ3) is 5.07. The first-order valence-electron chi connectivity index (χ1n) is 6.66. The predicted molar refractivity (Wildman–Crippen MR) is 78.2 cm³/mol. The largest absolute Gasteiger partial charge is 0.385 e. The Morgan fingerprint density at radius 2 is 2.00 bits per heavy atom. The Balaban J connectivity index is 2.62. The van der Waals surface area contributed by atoms with Gasteiger partial charge in [-0.2, -0.15) is 0 Å². The molecule has 0 radical (unpaired) electrons. The van der Waals surface area contributed by atoms with E-state index in [4.69, 9.17) is 4.74 Å². The van der Waals surface area contributed by atoms with Crippen LogP contribution in [-0.4, -0.2) is 33.4 Å². The van der Waals surface area contributed by atoms with Gasteiger partial charge >= 0.3 is 0 Å². The summed E-state index contributed by atoms with van der Waals surface area (Å²) in [6.07, 6.45) is 1.05. The minimum atomic E-state index is 0.511. The van der Waals surface area contributed by atoms with Crippen LogP contribution in [0.5, 0.6) is 0 Å². The number of hydrogen-bond donors (Lipinski definition) is 1. The molecular weight excluding hydrogens is 224 g/mol. The molecule has 0 spiro atoms. The molecule has 102 valence electrons. The fourth-order valence-electron chi connectivity index (χ4n) is 1.91. The number of rotatable bonds is 8. The number of nitrogens with zero attached hydrogens (tertiary/aromatic N) is 1. The summed E-state index contributed by atoms with van der Waals surface area (Å²) < 4.78 is 5.10. The van der Waals surface area contributed by atoms with Crippen molar-refractivity contribution in [2.45, 2.75) is 32.9 Å². The topological polar surface area (TPSA) is 24.5 Å². The van der Waals surface area contributed by atoms with Crippen LogP contribution in [0.2, 0.25) is 0 Å². The van der Waals surface area contributed by atoms with Crippen LogP contribution < -0.4 is 10.2 Å². The third-order valence-corrected chi connectivity index (χ3v) is 2.95. The van der Waals surface area contributed by atoms with Gasteiger partial charge in [0.2, 0.25) is 0 Å². The Bertz CT molecular complexity index is 339. The lowest BCUT2D eigenvalue weighted by molar-refractivity contribution is 0.196. The summed E-state index contributed by atoms with van der Waals surface area (Å²) in [5, 5.41) is 3.47. The summed E-state index contributed by atoms with van der Waals surface area (Å²) in [6.45, 7) is 7.10. The lowest BCUT2D eigenvalue weighted by atomic mass is 10.1. The molecule has 1 aromatic rings. The van der Waals surface area contributed by atoms with E-state index in [9.17, 15) is 0 Å². The van der Waals surface area contributed by atoms with E-state index in [1.807, 2.05) is 0 Å². The Kier molecular flexibility index (Phi) is 6.76. The van der Waals surface area contributed by atoms with Crippen molar-refractivity contribution in [3.63, 3.8) is 0 Å². The van der Waals surface area contributed by atoms with Gasteiger partial charge in [0.25, 0.3) is 0 Å². The SMILES string of the molecule is COCCCN(C)c1ccccc1CNC(C)C. The van der Waals surface area contributed by atoms with E-state index in [0.717, 1.165) is 26.1 Å². The number of benzene rings is 1. The highest BCUT2D eigenvalue weighted by molar-refractivity contribution is 5.52. The zero-order valence-electron chi connectivity index (χ0n) is 12.1. The van der Waals surface area contributed by atoms with E-state index >= 15 is 0 Å². The van der Waals surface area contributed by atoms with Gasteiger partial charge < -0.3 is 15.0 Å². The number of ether oxygens (including phenoxy) is 1. The van der Waals surface area contributed by atoms with E-state index < -0.39 is 0 Å². The lowest BCUT2D eigenvalue weighted by Gasteiger charge is -2.23. The van der Waals surface area contributed by atoms with E-state index in [2.05, 4.69) is 55.4 Å². The summed E-state index contributed by atoms with van der Waals surface area (Å²) >= 11 is 0. The van der Waals surface area contributed by atoms with Gasteiger partial charge in [-0.25, -0.2) is 0 Å². The molecule has 0 heterocycles. The normalized spacial score (nSPS) is 10.9. The minimum absolute atomic E-state index is 0.511. The molecular formula is C15H26N2O. The first-order valence-corrected chi connectivity index (χ1v) is 6.66. The number of methoxy groups -OCH3 is 1. The number of nitrogens with one attached hydrogen (secondary N) is 1. The van der Waals surface area contributed by atoms with Crippen molar-refractivity contribution >= 4 is 5.69 Å². The molecule has 0 saturated carbocycles. The second-order valence-electron chi connectivity index (χ2n) is 4.93. The molecule has 0 saturated heterocycles. The molecule has 0 aliphatic rings. The van der Waals surface area contributed by atoms with E-state index in [1.165, 1.54) is 11.3 Å². The van der Waals surface area contributed by atoms with Crippen molar-refractivity contribution in [2.24, 2.45) is 0 Å². The fraction of sp³-hybridized carbons (Fsp3) is 0.600. The third-order valence-electron chi connectivity index (χ3n) is 2.95. The van der Waals surface area contributed by atoms with Gasteiger partial charge in [-0.15, -0.1) is 0 Å². The lowest BCUT2D eigenvalue weighted by Crippen LogP contribution is -2.25. The number of hydrogen-bond acceptors (Lipinski definition) is 3. The van der Waals surface area contributed by atoms with E-state index in [-0.39, 0.29) is 0 Å². The zero-order valence-corrected chi connectivity index (χ0v) is 12.1. The van der Waals surface area contributed by atoms with Crippen LogP contribution in [0.25, 0.3) is 0 Å². The Morgan fingerprint density at radius 1 is 1.28 bits per heavy atom. The van der Waals surface area contributed by atoms with Gasteiger partial charge in [0.05, 0.1) is 0 Å². The van der Waals surface area contributed by atoms with Crippen LogP contribution >= 0.6 is 0 Å². The van der Waals surface area contributed by atoms with Gasteiger partial charge in [0.15, 0.2) is 0 Å². The van der Waals surface area contributed by atoms with Gasteiger partial charge in [-0.1, -0.05) is 32.0 Å². The van der Waals surface area contributed by atoms with Crippen LogP contribution in [0, 0.1) is 0 Å².